The largest absolute Gasteiger partial charge is 0.367 e. The summed E-state index contributed by atoms with van der Waals surface area (Å²) in [6, 6.07) is 32.5. The van der Waals surface area contributed by atoms with E-state index in [1.807, 2.05) is 5.57 Å². The molecule has 13 unspecified atom stereocenters. The van der Waals surface area contributed by atoms with Crippen LogP contribution in [-0.2, 0) is 0 Å². The van der Waals surface area contributed by atoms with Gasteiger partial charge >= 0.3 is 0 Å². The van der Waals surface area contributed by atoms with E-state index in [-0.39, 0.29) is 6.04 Å². The maximum Gasteiger partial charge on any atom is 0.159 e. The predicted molar refractivity (Wildman–Crippen MR) is 236 cm³/mol. The van der Waals surface area contributed by atoms with E-state index in [1.54, 1.807) is 11.3 Å². The molecule has 13 atom stereocenters. The Morgan fingerprint density at radius 2 is 1.47 bits per heavy atom. The first kappa shape index (κ1) is 34.3. The Balaban J connectivity index is 1.01. The summed E-state index contributed by atoms with van der Waals surface area (Å²) in [4.78, 5) is 16.8. The summed E-state index contributed by atoms with van der Waals surface area (Å²) in [6.07, 6.45) is 21.6. The molecule has 0 amide bonds. The van der Waals surface area contributed by atoms with Crippen LogP contribution in [0.3, 0.4) is 0 Å². The van der Waals surface area contributed by atoms with Crippen molar-refractivity contribution in [2.24, 2.45) is 16.8 Å². The molecular weight excluding hydrogens is 721 g/mol. The second-order valence-corrected chi connectivity index (χ2v) is 20.1. The number of rotatable bonds is 3. The van der Waals surface area contributed by atoms with Crippen LogP contribution in [0, 0.1) is 11.8 Å². The third-order valence-electron chi connectivity index (χ3n) is 17.9. The fourth-order valence-electron chi connectivity index (χ4n) is 16.3. The molecule has 10 aliphatic rings. The Morgan fingerprint density at radius 1 is 0.729 bits per heavy atom. The number of aromatic nitrogens is 2. The van der Waals surface area contributed by atoms with Gasteiger partial charge in [0.15, 0.2) is 6.71 Å². The molecule has 298 valence electrons. The molecule has 2 aromatic heterocycles. The van der Waals surface area contributed by atoms with Gasteiger partial charge in [-0.1, -0.05) is 79.6 Å². The molecule has 2 aromatic carbocycles. The highest BCUT2D eigenvalue weighted by Crippen LogP contribution is 2.68. The quantitative estimate of drug-likeness (QED) is 0.210. The highest BCUT2D eigenvalue weighted by Gasteiger charge is 2.70. The number of hydrogen-bond acceptors (Lipinski definition) is 6. The number of hydrogen-bond donors (Lipinski definition) is 2. The zero-order chi connectivity index (χ0) is 38.3. The van der Waals surface area contributed by atoms with Crippen molar-refractivity contribution in [3.8, 4) is 5.69 Å². The Hall–Kier alpha value is -4.40. The van der Waals surface area contributed by atoms with Gasteiger partial charge in [-0.15, -0.1) is 0 Å². The maximum absolute atomic E-state index is 5.32. The normalized spacial score (nSPS) is 38.1. The number of nitrogens with zero attached hydrogens (tertiary/aromatic N) is 5. The number of anilines is 1. The minimum atomic E-state index is 0.289. The lowest BCUT2D eigenvalue weighted by Crippen LogP contribution is -2.74. The van der Waals surface area contributed by atoms with Crippen molar-refractivity contribution in [3.05, 3.63) is 136 Å². The van der Waals surface area contributed by atoms with Crippen molar-refractivity contribution in [3.63, 3.8) is 0 Å². The third kappa shape index (κ3) is 4.68. The van der Waals surface area contributed by atoms with E-state index in [0.717, 1.165) is 38.1 Å². The summed E-state index contributed by atoms with van der Waals surface area (Å²) >= 11 is 0. The van der Waals surface area contributed by atoms with Gasteiger partial charge < -0.3 is 20.4 Å². The number of fused-ring (bicyclic) bond motifs is 13. The Morgan fingerprint density at radius 3 is 2.29 bits per heavy atom. The molecule has 14 rings (SSSR count). The van der Waals surface area contributed by atoms with Gasteiger partial charge in [-0.05, 0) is 129 Å². The molecule has 6 fully saturated rings. The molecule has 59 heavy (non-hydrogen) atoms. The number of benzene rings is 2. The Kier molecular flexibility index (Phi) is 7.60. The van der Waals surface area contributed by atoms with Crippen molar-refractivity contribution >= 4 is 18.6 Å². The molecule has 7 aliphatic heterocycles. The molecule has 2 N–H and O–H groups in total. The van der Waals surface area contributed by atoms with E-state index >= 15 is 0 Å². The first-order valence-electron chi connectivity index (χ1n) is 23.6. The van der Waals surface area contributed by atoms with Gasteiger partial charge in [-0.25, -0.2) is 0 Å². The fraction of sp³-hybridized carbons (Fsp3) is 0.490. The van der Waals surface area contributed by atoms with Gasteiger partial charge in [0.05, 0.1) is 22.8 Å². The van der Waals surface area contributed by atoms with Gasteiger partial charge in [0.2, 0.25) is 0 Å². The number of pyridine rings is 1. The molecule has 0 bridgehead atoms. The first-order chi connectivity index (χ1) is 29.3. The monoisotopic (exact) mass is 777 g/mol. The van der Waals surface area contributed by atoms with Crippen molar-refractivity contribution < 1.29 is 0 Å². The molecule has 4 aromatic rings. The minimum absolute atomic E-state index is 0.289. The van der Waals surface area contributed by atoms with Crippen LogP contribution < -0.4 is 26.2 Å². The zero-order valence-corrected chi connectivity index (χ0v) is 34.1. The van der Waals surface area contributed by atoms with Crippen LogP contribution in [0.1, 0.15) is 98.9 Å². The van der Waals surface area contributed by atoms with Crippen molar-refractivity contribution in [2.75, 3.05) is 18.0 Å². The Bertz CT molecular complexity index is 2500. The van der Waals surface area contributed by atoms with Crippen LogP contribution in [0.25, 0.3) is 11.8 Å². The van der Waals surface area contributed by atoms with Crippen molar-refractivity contribution in [2.45, 2.75) is 130 Å². The van der Waals surface area contributed by atoms with Crippen molar-refractivity contribution in [1.29, 1.82) is 0 Å². The summed E-state index contributed by atoms with van der Waals surface area (Å²) in [5.74, 6) is 5.85. The van der Waals surface area contributed by atoms with E-state index < -0.39 is 0 Å². The van der Waals surface area contributed by atoms with E-state index in [9.17, 15) is 0 Å². The average molecular weight is 778 g/mol. The van der Waals surface area contributed by atoms with Gasteiger partial charge in [0, 0.05) is 71.0 Å². The summed E-state index contributed by atoms with van der Waals surface area (Å²) in [7, 11) is 0. The van der Waals surface area contributed by atoms with Crippen LogP contribution in [0.2, 0.25) is 17.5 Å². The molecule has 7 nitrogen and oxygen atoms in total. The SMILES string of the molecule is C1=CN=c2c3c(n(-c4ccccc4)c2=CC1)N1C2CC(c4ccccn4)CC4C2B(C2CCNC5C6=C(C(c7ccccc7)CC7CCCCC67)N4C25)C2CCNC3C21. The smallest absolute Gasteiger partial charge is 0.159 e. The molecule has 0 spiro atoms. The summed E-state index contributed by atoms with van der Waals surface area (Å²) in [6.45, 7) is 2.98. The van der Waals surface area contributed by atoms with E-state index in [0.29, 0.717) is 59.5 Å². The molecule has 3 aliphatic carbocycles. The molecule has 9 heterocycles. The number of para-hydroxylation sites is 1. The minimum Gasteiger partial charge on any atom is -0.367 e. The van der Waals surface area contributed by atoms with Crippen LogP contribution in [-0.4, -0.2) is 64.5 Å². The average Bonchev–Trinajstić information content (AvgIpc) is 3.86. The van der Waals surface area contributed by atoms with Crippen LogP contribution in [0.15, 0.2) is 114 Å². The Labute approximate surface area is 348 Å². The zero-order valence-electron chi connectivity index (χ0n) is 34.1. The highest BCUT2D eigenvalue weighted by atomic mass is 15.4. The standard InChI is InChI=1S/C51H56BN7/c1-3-13-30(14-4-1)35-27-31-15-7-8-18-34(31)42-46-49-36(21-25-55-46)52-37-22-26-56-47-43-45-39(20-10-12-24-54-45)57(33-16-5-2-6-17-33)51(43)59(50(37)47)41-29-32(38-19-9-11-23-53-38)28-40(44(41)52)58(49)48(35)42/h1-6,9,11-14,16-17,19-20,23-24,31-32,34-37,40-41,44,46-47,49-50,55-56H,7-8,10,15,18,21-22,25-29H2. The second-order valence-electron chi connectivity index (χ2n) is 20.1. The van der Waals surface area contributed by atoms with E-state index in [4.69, 9.17) is 9.98 Å². The summed E-state index contributed by atoms with van der Waals surface area (Å²) in [5.41, 5.74) is 9.24. The third-order valence-corrected chi connectivity index (χ3v) is 17.9. The van der Waals surface area contributed by atoms with Gasteiger partial charge in [0.1, 0.15) is 5.82 Å². The van der Waals surface area contributed by atoms with E-state index in [1.165, 1.54) is 91.3 Å². The lowest BCUT2D eigenvalue weighted by Gasteiger charge is -2.67. The lowest BCUT2D eigenvalue weighted by molar-refractivity contribution is 0.0736. The molecule has 0 radical (unpaired) electrons. The number of allylic oxidation sites excluding steroid dienone is 2. The summed E-state index contributed by atoms with van der Waals surface area (Å²) in [5, 5.41) is 11.0. The topological polar surface area (TPSA) is 60.7 Å². The second kappa shape index (κ2) is 13.1. The predicted octanol–water partition coefficient (Wildman–Crippen LogP) is 7.65. The maximum atomic E-state index is 5.32. The van der Waals surface area contributed by atoms with E-state index in [2.05, 4.69) is 128 Å². The van der Waals surface area contributed by atoms with Crippen LogP contribution in [0.4, 0.5) is 5.82 Å². The molecule has 4 saturated heterocycles. The molecule has 8 heteroatoms. The van der Waals surface area contributed by atoms with Crippen LogP contribution in [0.5, 0.6) is 0 Å². The number of piperidine rings is 2. The fourth-order valence-corrected chi connectivity index (χ4v) is 16.3. The highest BCUT2D eigenvalue weighted by molar-refractivity contribution is 6.65. The van der Waals surface area contributed by atoms with Gasteiger partial charge in [0.25, 0.3) is 0 Å². The lowest BCUT2D eigenvalue weighted by atomic mass is 9.19. The summed E-state index contributed by atoms with van der Waals surface area (Å²) < 4.78 is 2.65. The number of nitrogens with one attached hydrogen (secondary N) is 2. The molecule has 2 saturated carbocycles. The van der Waals surface area contributed by atoms with Crippen LogP contribution >= 0.6 is 0 Å². The van der Waals surface area contributed by atoms with Crippen molar-refractivity contribution in [1.82, 2.24) is 25.1 Å². The van der Waals surface area contributed by atoms with Gasteiger partial charge in [-0.3, -0.25) is 14.5 Å². The first-order valence-corrected chi connectivity index (χ1v) is 23.6. The molecular formula is C51H56BN7. The van der Waals surface area contributed by atoms with Gasteiger partial charge in [-0.2, -0.15) is 0 Å².